The molecule has 1 aromatic carbocycles. The minimum Gasteiger partial charge on any atom is -0.376 e. The number of nitriles is 1. The fourth-order valence-corrected chi connectivity index (χ4v) is 3.64. The van der Waals surface area contributed by atoms with Crippen molar-refractivity contribution in [1.29, 1.82) is 5.26 Å². The van der Waals surface area contributed by atoms with E-state index >= 15 is 0 Å². The second kappa shape index (κ2) is 7.16. The van der Waals surface area contributed by atoms with Crippen molar-refractivity contribution in [3.05, 3.63) is 33.9 Å². The number of hydrogen-bond acceptors (Lipinski definition) is 6. The van der Waals surface area contributed by atoms with Crippen molar-refractivity contribution in [3.63, 3.8) is 0 Å². The van der Waals surface area contributed by atoms with Crippen LogP contribution in [0.15, 0.2) is 18.2 Å². The normalized spacial score (nSPS) is 23.0. The molecule has 1 unspecified atom stereocenters. The summed E-state index contributed by atoms with van der Waals surface area (Å²) in [5, 5.41) is 20.1. The fraction of sp³-hybridized carbons (Fsp3) is 0.588. The van der Waals surface area contributed by atoms with E-state index in [0.717, 1.165) is 51.3 Å². The number of ether oxygens (including phenoxy) is 1. The molecule has 2 heterocycles. The van der Waals surface area contributed by atoms with Gasteiger partial charge < -0.3 is 9.64 Å². The summed E-state index contributed by atoms with van der Waals surface area (Å²) in [6.07, 6.45) is 2.42. The molecule has 0 radical (unpaired) electrons. The average molecular weight is 330 g/mol. The Morgan fingerprint density at radius 2 is 2.08 bits per heavy atom. The third-order valence-corrected chi connectivity index (χ3v) is 4.92. The molecule has 0 bridgehead atoms. The first-order chi connectivity index (χ1) is 11.6. The summed E-state index contributed by atoms with van der Waals surface area (Å²) in [6, 6.07) is 7.32. The molecule has 0 saturated carbocycles. The van der Waals surface area contributed by atoms with Crippen LogP contribution in [0.3, 0.4) is 0 Å². The van der Waals surface area contributed by atoms with Crippen LogP contribution in [0.25, 0.3) is 0 Å². The van der Waals surface area contributed by atoms with E-state index in [1.54, 1.807) is 12.1 Å². The van der Waals surface area contributed by atoms with Crippen molar-refractivity contribution < 1.29 is 9.66 Å². The van der Waals surface area contributed by atoms with Crippen LogP contribution >= 0.6 is 0 Å². The van der Waals surface area contributed by atoms with Crippen LogP contribution in [0.5, 0.6) is 0 Å². The molecule has 2 fully saturated rings. The molecule has 3 rings (SSSR count). The summed E-state index contributed by atoms with van der Waals surface area (Å²) in [4.78, 5) is 15.2. The van der Waals surface area contributed by atoms with E-state index in [1.165, 1.54) is 6.07 Å². The van der Waals surface area contributed by atoms with Gasteiger partial charge in [-0.25, -0.2) is 0 Å². The largest absolute Gasteiger partial charge is 0.376 e. The molecular weight excluding hydrogens is 308 g/mol. The molecular formula is C17H22N4O3. The van der Waals surface area contributed by atoms with E-state index in [2.05, 4.69) is 16.7 Å². The lowest BCUT2D eigenvalue weighted by atomic mass is 10.0. The van der Waals surface area contributed by atoms with Crippen LogP contribution < -0.4 is 4.90 Å². The predicted octanol–water partition coefficient (Wildman–Crippen LogP) is 2.16. The molecule has 2 aliphatic rings. The van der Waals surface area contributed by atoms with Crippen LogP contribution in [0.4, 0.5) is 11.4 Å². The van der Waals surface area contributed by atoms with Crippen molar-refractivity contribution in [2.24, 2.45) is 0 Å². The maximum Gasteiger partial charge on any atom is 0.287 e. The predicted molar refractivity (Wildman–Crippen MR) is 90.0 cm³/mol. The molecule has 1 atom stereocenters. The number of nitro groups is 1. The summed E-state index contributed by atoms with van der Waals surface area (Å²) in [7, 11) is 0. The SMILES string of the molecule is CC1CN(C2CCN(c3ccc([N+](=O)[O-])c(C#N)c3)CC2)CCO1. The molecule has 0 aromatic heterocycles. The van der Waals surface area contributed by atoms with Crippen molar-refractivity contribution in [2.75, 3.05) is 37.7 Å². The standard InChI is InChI=1S/C17H22N4O3/c1-13-12-20(8-9-24-13)15-4-6-19(7-5-15)16-2-3-17(21(22)23)14(10-16)11-18/h2-3,10,13,15H,4-9,12H2,1H3. The molecule has 0 amide bonds. The first kappa shape index (κ1) is 16.7. The minimum absolute atomic E-state index is 0.126. The number of anilines is 1. The highest BCUT2D eigenvalue weighted by molar-refractivity contribution is 5.60. The Kier molecular flexibility index (Phi) is 4.97. The van der Waals surface area contributed by atoms with Gasteiger partial charge in [0.25, 0.3) is 5.69 Å². The van der Waals surface area contributed by atoms with Gasteiger partial charge in [-0.15, -0.1) is 0 Å². The third-order valence-electron chi connectivity index (χ3n) is 4.92. The van der Waals surface area contributed by atoms with E-state index in [4.69, 9.17) is 10.00 Å². The van der Waals surface area contributed by atoms with Gasteiger partial charge in [-0.2, -0.15) is 5.26 Å². The number of hydrogen-bond donors (Lipinski definition) is 0. The van der Waals surface area contributed by atoms with E-state index in [0.29, 0.717) is 12.1 Å². The van der Waals surface area contributed by atoms with Gasteiger partial charge in [0.05, 0.1) is 17.6 Å². The summed E-state index contributed by atoms with van der Waals surface area (Å²) in [5.41, 5.74) is 0.894. The first-order valence-corrected chi connectivity index (χ1v) is 8.37. The smallest absolute Gasteiger partial charge is 0.287 e. The van der Waals surface area contributed by atoms with Gasteiger partial charge in [0.15, 0.2) is 0 Å². The van der Waals surface area contributed by atoms with E-state index in [-0.39, 0.29) is 11.3 Å². The second-order valence-electron chi connectivity index (χ2n) is 6.46. The van der Waals surface area contributed by atoms with Crippen molar-refractivity contribution in [1.82, 2.24) is 4.90 Å². The highest BCUT2D eigenvalue weighted by Crippen LogP contribution is 2.28. The van der Waals surface area contributed by atoms with Crippen LogP contribution in [-0.2, 0) is 4.74 Å². The monoisotopic (exact) mass is 330 g/mol. The summed E-state index contributed by atoms with van der Waals surface area (Å²) in [6.45, 7) is 6.70. The minimum atomic E-state index is -0.506. The maximum absolute atomic E-state index is 10.9. The number of piperidine rings is 1. The summed E-state index contributed by atoms with van der Waals surface area (Å²) >= 11 is 0. The maximum atomic E-state index is 10.9. The lowest BCUT2D eigenvalue weighted by Crippen LogP contribution is -2.51. The Bertz CT molecular complexity index is 650. The Labute approximate surface area is 141 Å². The third kappa shape index (κ3) is 3.50. The number of nitrogens with zero attached hydrogens (tertiary/aromatic N) is 4. The highest BCUT2D eigenvalue weighted by Gasteiger charge is 2.28. The number of rotatable bonds is 3. The molecule has 7 heteroatoms. The Morgan fingerprint density at radius 1 is 1.33 bits per heavy atom. The molecule has 2 aliphatic heterocycles. The lowest BCUT2D eigenvalue weighted by Gasteiger charge is -2.42. The van der Waals surface area contributed by atoms with Gasteiger partial charge in [0.1, 0.15) is 11.6 Å². The average Bonchev–Trinajstić information content (AvgIpc) is 2.61. The van der Waals surface area contributed by atoms with Crippen LogP contribution in [-0.4, -0.2) is 54.8 Å². The van der Waals surface area contributed by atoms with E-state index in [1.807, 2.05) is 6.07 Å². The van der Waals surface area contributed by atoms with Crippen molar-refractivity contribution in [2.45, 2.75) is 31.9 Å². The molecule has 7 nitrogen and oxygen atoms in total. The molecule has 1 aromatic rings. The molecule has 0 spiro atoms. The lowest BCUT2D eigenvalue weighted by molar-refractivity contribution is -0.385. The van der Waals surface area contributed by atoms with Gasteiger partial charge in [-0.3, -0.25) is 15.0 Å². The zero-order valence-electron chi connectivity index (χ0n) is 13.9. The zero-order chi connectivity index (χ0) is 17.1. The summed E-state index contributed by atoms with van der Waals surface area (Å²) in [5.74, 6) is 0. The Hall–Kier alpha value is -2.17. The van der Waals surface area contributed by atoms with Gasteiger partial charge in [-0.1, -0.05) is 0 Å². The Balaban J connectivity index is 1.64. The van der Waals surface area contributed by atoms with Crippen LogP contribution in [0.2, 0.25) is 0 Å². The van der Waals surface area contributed by atoms with E-state index < -0.39 is 4.92 Å². The zero-order valence-corrected chi connectivity index (χ0v) is 13.9. The molecule has 24 heavy (non-hydrogen) atoms. The van der Waals surface area contributed by atoms with Crippen LogP contribution in [0, 0.1) is 21.4 Å². The molecule has 2 saturated heterocycles. The van der Waals surface area contributed by atoms with Gasteiger partial charge in [-0.05, 0) is 31.9 Å². The quantitative estimate of drug-likeness (QED) is 0.624. The molecule has 0 aliphatic carbocycles. The van der Waals surface area contributed by atoms with Gasteiger partial charge in [0, 0.05) is 44.0 Å². The second-order valence-corrected chi connectivity index (χ2v) is 6.46. The van der Waals surface area contributed by atoms with E-state index in [9.17, 15) is 10.1 Å². The summed E-state index contributed by atoms with van der Waals surface area (Å²) < 4.78 is 5.61. The van der Waals surface area contributed by atoms with Crippen LogP contribution in [0.1, 0.15) is 25.3 Å². The molecule has 0 N–H and O–H groups in total. The van der Waals surface area contributed by atoms with Crippen molar-refractivity contribution >= 4 is 11.4 Å². The number of benzene rings is 1. The highest BCUT2D eigenvalue weighted by atomic mass is 16.6. The topological polar surface area (TPSA) is 82.6 Å². The van der Waals surface area contributed by atoms with Crippen molar-refractivity contribution in [3.8, 4) is 6.07 Å². The fourth-order valence-electron chi connectivity index (χ4n) is 3.64. The Morgan fingerprint density at radius 3 is 2.71 bits per heavy atom. The van der Waals surface area contributed by atoms with Gasteiger partial charge >= 0.3 is 0 Å². The molecule has 128 valence electrons. The number of morpholine rings is 1. The van der Waals surface area contributed by atoms with Gasteiger partial charge in [0.2, 0.25) is 0 Å². The first-order valence-electron chi connectivity index (χ1n) is 8.37. The number of nitro benzene ring substituents is 1.